The van der Waals surface area contributed by atoms with Crippen LogP contribution >= 0.6 is 0 Å². The highest BCUT2D eigenvalue weighted by atomic mass is 19.1. The topological polar surface area (TPSA) is 46.5 Å². The predicted molar refractivity (Wildman–Crippen MR) is 53.1 cm³/mol. The van der Waals surface area contributed by atoms with E-state index in [-0.39, 0.29) is 18.7 Å². The van der Waals surface area contributed by atoms with E-state index in [0.29, 0.717) is 12.2 Å². The van der Waals surface area contributed by atoms with Crippen LogP contribution in [0.25, 0.3) is 0 Å². The standard InChI is InChI=1S/C11H13FO3/c1-15-7-8-2-4-10(12)9(6-8)3-5-11(13)14/h2,4,6H,3,5,7H2,1H3,(H,13,14). The van der Waals surface area contributed by atoms with Gasteiger partial charge in [0.05, 0.1) is 6.61 Å². The molecule has 0 bridgehead atoms. The maximum absolute atomic E-state index is 13.2. The molecule has 0 fully saturated rings. The molecule has 82 valence electrons. The lowest BCUT2D eigenvalue weighted by Gasteiger charge is -2.05. The van der Waals surface area contributed by atoms with Crippen molar-refractivity contribution in [2.24, 2.45) is 0 Å². The molecule has 4 heteroatoms. The molecule has 0 aromatic heterocycles. The Kier molecular flexibility index (Phi) is 4.24. The first-order valence-corrected chi connectivity index (χ1v) is 4.61. The van der Waals surface area contributed by atoms with Gasteiger partial charge in [-0.15, -0.1) is 0 Å². The van der Waals surface area contributed by atoms with Gasteiger partial charge < -0.3 is 9.84 Å². The fourth-order valence-corrected chi connectivity index (χ4v) is 1.32. The van der Waals surface area contributed by atoms with Crippen LogP contribution in [0, 0.1) is 5.82 Å². The van der Waals surface area contributed by atoms with Crippen LogP contribution in [0.5, 0.6) is 0 Å². The molecule has 0 amide bonds. The number of halogens is 1. The number of carbonyl (C=O) groups is 1. The molecule has 1 aromatic carbocycles. The van der Waals surface area contributed by atoms with E-state index in [0.717, 1.165) is 5.56 Å². The van der Waals surface area contributed by atoms with Crippen LogP contribution in [-0.2, 0) is 22.6 Å². The van der Waals surface area contributed by atoms with Crippen molar-refractivity contribution < 1.29 is 19.0 Å². The van der Waals surface area contributed by atoms with Crippen LogP contribution in [0.15, 0.2) is 18.2 Å². The van der Waals surface area contributed by atoms with Crippen LogP contribution in [-0.4, -0.2) is 18.2 Å². The second-order valence-electron chi connectivity index (χ2n) is 3.25. The van der Waals surface area contributed by atoms with Gasteiger partial charge in [-0.05, 0) is 23.6 Å². The van der Waals surface area contributed by atoms with Crippen molar-refractivity contribution in [1.82, 2.24) is 0 Å². The zero-order chi connectivity index (χ0) is 11.3. The zero-order valence-electron chi connectivity index (χ0n) is 8.50. The summed E-state index contributed by atoms with van der Waals surface area (Å²) in [7, 11) is 1.56. The van der Waals surface area contributed by atoms with E-state index in [1.165, 1.54) is 6.07 Å². The molecular formula is C11H13FO3. The van der Waals surface area contributed by atoms with E-state index in [1.807, 2.05) is 0 Å². The van der Waals surface area contributed by atoms with Crippen molar-refractivity contribution in [2.75, 3.05) is 7.11 Å². The van der Waals surface area contributed by atoms with Crippen molar-refractivity contribution in [3.8, 4) is 0 Å². The summed E-state index contributed by atoms with van der Waals surface area (Å²) in [5, 5.41) is 8.49. The molecule has 0 saturated heterocycles. The largest absolute Gasteiger partial charge is 0.481 e. The van der Waals surface area contributed by atoms with Crippen LogP contribution in [0.4, 0.5) is 4.39 Å². The average molecular weight is 212 g/mol. The molecule has 0 aliphatic rings. The Morgan fingerprint density at radius 3 is 2.87 bits per heavy atom. The van der Waals surface area contributed by atoms with Gasteiger partial charge in [-0.3, -0.25) is 4.79 Å². The van der Waals surface area contributed by atoms with E-state index < -0.39 is 5.97 Å². The van der Waals surface area contributed by atoms with Crippen LogP contribution in [0.2, 0.25) is 0 Å². The van der Waals surface area contributed by atoms with E-state index in [1.54, 1.807) is 19.2 Å². The second kappa shape index (κ2) is 5.46. The van der Waals surface area contributed by atoms with Gasteiger partial charge in [-0.1, -0.05) is 12.1 Å². The summed E-state index contributed by atoms with van der Waals surface area (Å²) in [6.45, 7) is 0.403. The minimum Gasteiger partial charge on any atom is -0.481 e. The Balaban J connectivity index is 2.75. The van der Waals surface area contributed by atoms with Gasteiger partial charge in [0.15, 0.2) is 0 Å². The van der Waals surface area contributed by atoms with Crippen molar-refractivity contribution in [3.63, 3.8) is 0 Å². The summed E-state index contributed by atoms with van der Waals surface area (Å²) in [6, 6.07) is 4.61. The van der Waals surface area contributed by atoms with Gasteiger partial charge >= 0.3 is 5.97 Å². The van der Waals surface area contributed by atoms with Crippen LogP contribution in [0.1, 0.15) is 17.5 Å². The maximum atomic E-state index is 13.2. The Morgan fingerprint density at radius 2 is 2.27 bits per heavy atom. The van der Waals surface area contributed by atoms with E-state index >= 15 is 0 Å². The molecule has 1 aromatic rings. The van der Waals surface area contributed by atoms with E-state index in [9.17, 15) is 9.18 Å². The molecule has 0 aliphatic carbocycles. The zero-order valence-corrected chi connectivity index (χ0v) is 8.50. The minimum absolute atomic E-state index is 0.0621. The Labute approximate surface area is 87.5 Å². The fourth-order valence-electron chi connectivity index (χ4n) is 1.32. The van der Waals surface area contributed by atoms with Crippen molar-refractivity contribution in [1.29, 1.82) is 0 Å². The summed E-state index contributed by atoms with van der Waals surface area (Å²) < 4.78 is 18.1. The third kappa shape index (κ3) is 3.67. The first-order chi connectivity index (χ1) is 7.13. The number of benzene rings is 1. The highest BCUT2D eigenvalue weighted by Crippen LogP contribution is 2.13. The first kappa shape index (κ1) is 11.7. The lowest BCUT2D eigenvalue weighted by atomic mass is 10.1. The van der Waals surface area contributed by atoms with Crippen molar-refractivity contribution >= 4 is 5.97 Å². The quantitative estimate of drug-likeness (QED) is 0.811. The maximum Gasteiger partial charge on any atom is 0.303 e. The number of aryl methyl sites for hydroxylation is 1. The summed E-state index contributed by atoms with van der Waals surface area (Å²) in [6.07, 6.45) is 0.145. The number of methoxy groups -OCH3 is 1. The number of aliphatic carboxylic acids is 1. The van der Waals surface area contributed by atoms with Crippen LogP contribution in [0.3, 0.4) is 0 Å². The molecular weight excluding hydrogens is 199 g/mol. The lowest BCUT2D eigenvalue weighted by molar-refractivity contribution is -0.136. The highest BCUT2D eigenvalue weighted by molar-refractivity contribution is 5.67. The Hall–Kier alpha value is -1.42. The molecule has 0 radical (unpaired) electrons. The summed E-state index contributed by atoms with van der Waals surface area (Å²) >= 11 is 0. The molecule has 1 N–H and O–H groups in total. The molecule has 0 unspecified atom stereocenters. The number of hydrogen-bond acceptors (Lipinski definition) is 2. The van der Waals surface area contributed by atoms with E-state index in [4.69, 9.17) is 9.84 Å². The van der Waals surface area contributed by atoms with Crippen LogP contribution < -0.4 is 0 Å². The van der Waals surface area contributed by atoms with Gasteiger partial charge in [0.1, 0.15) is 5.82 Å². The predicted octanol–water partition coefficient (Wildman–Crippen LogP) is 1.99. The highest BCUT2D eigenvalue weighted by Gasteiger charge is 2.06. The third-order valence-corrected chi connectivity index (χ3v) is 2.03. The van der Waals surface area contributed by atoms with Gasteiger partial charge in [0, 0.05) is 13.5 Å². The molecule has 3 nitrogen and oxygen atoms in total. The molecule has 0 atom stereocenters. The number of hydrogen-bond donors (Lipinski definition) is 1. The van der Waals surface area contributed by atoms with E-state index in [2.05, 4.69) is 0 Å². The SMILES string of the molecule is COCc1ccc(F)c(CCC(=O)O)c1. The van der Waals surface area contributed by atoms with Gasteiger partial charge in [-0.25, -0.2) is 4.39 Å². The molecule has 15 heavy (non-hydrogen) atoms. The van der Waals surface area contributed by atoms with Gasteiger partial charge in [0.2, 0.25) is 0 Å². The average Bonchev–Trinajstić information content (AvgIpc) is 2.19. The number of rotatable bonds is 5. The summed E-state index contributed by atoms with van der Waals surface area (Å²) in [4.78, 5) is 10.3. The minimum atomic E-state index is -0.924. The number of carboxylic acid groups (broad SMARTS) is 1. The van der Waals surface area contributed by atoms with Gasteiger partial charge in [0.25, 0.3) is 0 Å². The molecule has 0 aliphatic heterocycles. The molecule has 1 rings (SSSR count). The Morgan fingerprint density at radius 1 is 1.53 bits per heavy atom. The Bertz CT molecular complexity index is 350. The van der Waals surface area contributed by atoms with Crippen molar-refractivity contribution in [3.05, 3.63) is 35.1 Å². The monoisotopic (exact) mass is 212 g/mol. The summed E-state index contributed by atoms with van der Waals surface area (Å²) in [5.41, 5.74) is 1.27. The van der Waals surface area contributed by atoms with Gasteiger partial charge in [-0.2, -0.15) is 0 Å². The smallest absolute Gasteiger partial charge is 0.303 e. The van der Waals surface area contributed by atoms with Crippen molar-refractivity contribution in [2.45, 2.75) is 19.4 Å². The molecule has 0 heterocycles. The second-order valence-corrected chi connectivity index (χ2v) is 3.25. The summed E-state index contributed by atoms with van der Waals surface area (Å²) in [5.74, 6) is -1.29. The first-order valence-electron chi connectivity index (χ1n) is 4.61. The third-order valence-electron chi connectivity index (χ3n) is 2.03. The fraction of sp³-hybridized carbons (Fsp3) is 0.364. The normalized spacial score (nSPS) is 10.3. The lowest BCUT2D eigenvalue weighted by Crippen LogP contribution is -2.00. The molecule has 0 spiro atoms. The number of carboxylic acids is 1. The molecule has 0 saturated carbocycles. The number of ether oxygens (including phenoxy) is 1.